The summed E-state index contributed by atoms with van der Waals surface area (Å²) >= 11 is 0. The molecule has 0 unspecified atom stereocenters. The monoisotopic (exact) mass is 246 g/mol. The summed E-state index contributed by atoms with van der Waals surface area (Å²) in [6.07, 6.45) is 10.5. The van der Waals surface area contributed by atoms with Crippen LogP contribution in [-0.2, 0) is 0 Å². The van der Waals surface area contributed by atoms with Crippen LogP contribution in [0.2, 0.25) is 0 Å². The van der Waals surface area contributed by atoms with Crippen molar-refractivity contribution < 1.29 is 0 Å². The number of hydrogen-bond acceptors (Lipinski definition) is 0. The van der Waals surface area contributed by atoms with Crippen LogP contribution in [0.5, 0.6) is 0 Å². The van der Waals surface area contributed by atoms with Gasteiger partial charge in [-0.25, -0.2) is 0 Å². The first kappa shape index (κ1) is 13.1. The third kappa shape index (κ3) is 4.44. The largest absolute Gasteiger partial charge is 0.102 e. The fourth-order valence-electron chi connectivity index (χ4n) is 1.79. The average Bonchev–Trinajstić information content (AvgIpc) is 2.49. The second-order valence-corrected chi connectivity index (χ2v) is 4.35. The van der Waals surface area contributed by atoms with E-state index in [0.717, 1.165) is 0 Å². The Morgan fingerprint density at radius 2 is 1.11 bits per heavy atom. The Morgan fingerprint density at radius 3 is 1.47 bits per heavy atom. The Kier molecular flexibility index (Phi) is 4.95. The van der Waals surface area contributed by atoms with Gasteiger partial charge in [0, 0.05) is 5.92 Å². The van der Waals surface area contributed by atoms with Crippen LogP contribution in [-0.4, -0.2) is 0 Å². The Bertz CT molecular complexity index is 498. The van der Waals surface area contributed by atoms with Gasteiger partial charge in [0.15, 0.2) is 0 Å². The molecule has 0 saturated heterocycles. The molecular weight excluding hydrogens is 228 g/mol. The summed E-state index contributed by atoms with van der Waals surface area (Å²) in [5.74, 6) is 0.250. The van der Waals surface area contributed by atoms with Gasteiger partial charge in [0.2, 0.25) is 0 Å². The Morgan fingerprint density at radius 1 is 0.684 bits per heavy atom. The van der Waals surface area contributed by atoms with E-state index < -0.39 is 0 Å². The standard InChI is InChI=1S/C19H18/c1-2-17(13-15-18-9-5-3-6-10-18)14-16-19-11-7-4-8-12-19/h2-17H,1H2. The van der Waals surface area contributed by atoms with Crippen molar-refractivity contribution in [1.29, 1.82) is 0 Å². The van der Waals surface area contributed by atoms with Crippen molar-refractivity contribution in [1.82, 2.24) is 0 Å². The number of allylic oxidation sites excluding steroid dienone is 3. The van der Waals surface area contributed by atoms with Crippen LogP contribution in [0.4, 0.5) is 0 Å². The molecule has 0 saturated carbocycles. The molecule has 0 aliphatic carbocycles. The average molecular weight is 246 g/mol. The van der Waals surface area contributed by atoms with Crippen molar-refractivity contribution >= 4 is 12.2 Å². The summed E-state index contributed by atoms with van der Waals surface area (Å²) < 4.78 is 0. The molecule has 94 valence electrons. The molecule has 0 N–H and O–H groups in total. The summed E-state index contributed by atoms with van der Waals surface area (Å²) in [4.78, 5) is 0. The zero-order chi connectivity index (χ0) is 13.3. The highest BCUT2D eigenvalue weighted by Crippen LogP contribution is 2.10. The normalized spacial score (nSPS) is 12.8. The summed E-state index contributed by atoms with van der Waals surface area (Å²) in [5.41, 5.74) is 2.42. The molecule has 0 heteroatoms. The van der Waals surface area contributed by atoms with Crippen LogP contribution in [0.3, 0.4) is 0 Å². The van der Waals surface area contributed by atoms with Crippen molar-refractivity contribution in [2.24, 2.45) is 5.92 Å². The Labute approximate surface area is 115 Å². The number of hydrogen-bond donors (Lipinski definition) is 0. The molecule has 0 spiro atoms. The minimum Gasteiger partial charge on any atom is -0.102 e. The fourth-order valence-corrected chi connectivity index (χ4v) is 1.79. The molecule has 2 rings (SSSR count). The third-order valence-corrected chi connectivity index (χ3v) is 2.89. The second kappa shape index (κ2) is 7.17. The highest BCUT2D eigenvalue weighted by atomic mass is 14.0. The van der Waals surface area contributed by atoms with Crippen LogP contribution >= 0.6 is 0 Å². The van der Waals surface area contributed by atoms with E-state index in [-0.39, 0.29) is 5.92 Å². The molecule has 0 aromatic heterocycles. The van der Waals surface area contributed by atoms with Gasteiger partial charge >= 0.3 is 0 Å². The number of benzene rings is 2. The van der Waals surface area contributed by atoms with E-state index in [0.29, 0.717) is 0 Å². The van der Waals surface area contributed by atoms with Gasteiger partial charge in [-0.05, 0) is 11.1 Å². The van der Waals surface area contributed by atoms with E-state index in [1.807, 2.05) is 42.5 Å². The van der Waals surface area contributed by atoms with Crippen LogP contribution in [0, 0.1) is 5.92 Å². The molecule has 0 aliphatic heterocycles. The maximum Gasteiger partial charge on any atom is 0.0131 e. The molecule has 2 aromatic rings. The molecule has 0 amide bonds. The van der Waals surface area contributed by atoms with Gasteiger partial charge in [-0.1, -0.05) is 91.0 Å². The summed E-state index contributed by atoms with van der Waals surface area (Å²) in [6.45, 7) is 3.88. The Balaban J connectivity index is 2.03. The zero-order valence-electron chi connectivity index (χ0n) is 10.9. The minimum atomic E-state index is 0.250. The molecule has 0 atom stereocenters. The van der Waals surface area contributed by atoms with Gasteiger partial charge in [-0.2, -0.15) is 0 Å². The lowest BCUT2D eigenvalue weighted by atomic mass is 10.1. The quantitative estimate of drug-likeness (QED) is 0.635. The SMILES string of the molecule is C=CC(C=Cc1ccccc1)C=Cc1ccccc1. The van der Waals surface area contributed by atoms with E-state index in [1.165, 1.54) is 11.1 Å². The van der Waals surface area contributed by atoms with Gasteiger partial charge < -0.3 is 0 Å². The van der Waals surface area contributed by atoms with Gasteiger partial charge in [0.1, 0.15) is 0 Å². The van der Waals surface area contributed by atoms with Crippen molar-refractivity contribution in [2.45, 2.75) is 0 Å². The van der Waals surface area contributed by atoms with E-state index in [9.17, 15) is 0 Å². The highest BCUT2D eigenvalue weighted by Gasteiger charge is 1.93. The van der Waals surface area contributed by atoms with Gasteiger partial charge in [-0.3, -0.25) is 0 Å². The lowest BCUT2D eigenvalue weighted by Crippen LogP contribution is -1.84. The van der Waals surface area contributed by atoms with Crippen LogP contribution < -0.4 is 0 Å². The van der Waals surface area contributed by atoms with E-state index >= 15 is 0 Å². The van der Waals surface area contributed by atoms with Crippen LogP contribution in [0.25, 0.3) is 12.2 Å². The predicted molar refractivity (Wildman–Crippen MR) is 84.6 cm³/mol. The van der Waals surface area contributed by atoms with Crippen LogP contribution in [0.1, 0.15) is 11.1 Å². The van der Waals surface area contributed by atoms with Crippen molar-refractivity contribution in [2.75, 3.05) is 0 Å². The lowest BCUT2D eigenvalue weighted by molar-refractivity contribution is 1.09. The second-order valence-electron chi connectivity index (χ2n) is 4.35. The molecule has 2 aromatic carbocycles. The third-order valence-electron chi connectivity index (χ3n) is 2.89. The maximum atomic E-state index is 3.88. The summed E-state index contributed by atoms with van der Waals surface area (Å²) in [5, 5.41) is 0. The lowest BCUT2D eigenvalue weighted by Gasteiger charge is -2.00. The Hall–Kier alpha value is -2.34. The van der Waals surface area contributed by atoms with Crippen molar-refractivity contribution in [3.63, 3.8) is 0 Å². The van der Waals surface area contributed by atoms with E-state index in [1.54, 1.807) is 0 Å². The van der Waals surface area contributed by atoms with Crippen molar-refractivity contribution in [3.8, 4) is 0 Å². The van der Waals surface area contributed by atoms with E-state index in [4.69, 9.17) is 0 Å². The molecular formula is C19H18. The highest BCUT2D eigenvalue weighted by molar-refractivity contribution is 5.53. The molecule has 0 fully saturated rings. The predicted octanol–water partition coefficient (Wildman–Crippen LogP) is 5.22. The summed E-state index contributed by atoms with van der Waals surface area (Å²) in [7, 11) is 0. The first-order valence-corrected chi connectivity index (χ1v) is 6.47. The van der Waals surface area contributed by atoms with Crippen molar-refractivity contribution in [3.05, 3.63) is 96.6 Å². The van der Waals surface area contributed by atoms with Gasteiger partial charge in [0.25, 0.3) is 0 Å². The minimum absolute atomic E-state index is 0.250. The van der Waals surface area contributed by atoms with Crippen LogP contribution in [0.15, 0.2) is 85.5 Å². The fraction of sp³-hybridized carbons (Fsp3) is 0.0526. The molecule has 0 bridgehead atoms. The molecule has 0 radical (unpaired) electrons. The molecule has 0 nitrogen and oxygen atoms in total. The molecule has 0 aliphatic rings. The van der Waals surface area contributed by atoms with Gasteiger partial charge in [0.05, 0.1) is 0 Å². The summed E-state index contributed by atoms with van der Waals surface area (Å²) in [6, 6.07) is 20.6. The maximum absolute atomic E-state index is 3.88. The topological polar surface area (TPSA) is 0 Å². The van der Waals surface area contributed by atoms with Gasteiger partial charge in [-0.15, -0.1) is 6.58 Å². The first-order valence-electron chi connectivity index (χ1n) is 6.47. The molecule has 0 heterocycles. The zero-order valence-corrected chi connectivity index (χ0v) is 10.9. The van der Waals surface area contributed by atoms with E-state index in [2.05, 4.69) is 55.1 Å². The smallest absolute Gasteiger partial charge is 0.0131 e. The number of rotatable bonds is 5. The molecule has 19 heavy (non-hydrogen) atoms. The first-order chi connectivity index (χ1) is 9.38.